The van der Waals surface area contributed by atoms with Crippen LogP contribution in [0.4, 0.5) is 0 Å². The highest BCUT2D eigenvalue weighted by Crippen LogP contribution is 2.22. The van der Waals surface area contributed by atoms with Gasteiger partial charge in [0.05, 0.1) is 7.11 Å². The number of hydrogen-bond acceptors (Lipinski definition) is 6. The molecule has 0 spiro atoms. The smallest absolute Gasteiger partial charge is 0.225 e. The van der Waals surface area contributed by atoms with Gasteiger partial charge in [-0.15, -0.1) is 0 Å². The Morgan fingerprint density at radius 1 is 1.50 bits per heavy atom. The molecule has 8 heteroatoms. The number of rotatable bonds is 9. The van der Waals surface area contributed by atoms with Crippen molar-refractivity contribution in [3.05, 3.63) is 10.9 Å². The van der Waals surface area contributed by atoms with Crippen LogP contribution in [0.25, 0.3) is 0 Å². The number of sulfonamides is 1. The molecule has 0 aromatic carbocycles. The predicted octanol–water partition coefficient (Wildman–Crippen LogP) is 1.37. The Labute approximate surface area is 124 Å². The summed E-state index contributed by atoms with van der Waals surface area (Å²) in [6.45, 7) is 4.42. The lowest BCUT2D eigenvalue weighted by Gasteiger charge is -2.24. The van der Waals surface area contributed by atoms with Gasteiger partial charge in [-0.25, -0.2) is 13.1 Å². The number of aliphatic hydroxyl groups is 1. The molecule has 0 bridgehead atoms. The van der Waals surface area contributed by atoms with Crippen molar-refractivity contribution < 1.29 is 18.3 Å². The summed E-state index contributed by atoms with van der Waals surface area (Å²) in [5.74, 6) is 0.341. The van der Waals surface area contributed by atoms with Crippen molar-refractivity contribution in [3.8, 4) is 5.88 Å². The van der Waals surface area contributed by atoms with E-state index in [1.165, 1.54) is 7.11 Å². The molecule has 1 aromatic heterocycles. The molecule has 0 amide bonds. The minimum absolute atomic E-state index is 0.0931. The monoisotopic (exact) mass is 322 g/mol. The first kappa shape index (κ1) is 17.4. The molecule has 20 heavy (non-hydrogen) atoms. The van der Waals surface area contributed by atoms with Gasteiger partial charge < -0.3 is 9.84 Å². The second-order valence-electron chi connectivity index (χ2n) is 5.41. The maximum Gasteiger partial charge on any atom is 0.225 e. The topological polar surface area (TPSA) is 88.5 Å². The molecule has 6 nitrogen and oxygen atoms in total. The standard InChI is InChI=1S/C12H22N2O4S2/c1-12(2,5-4-6-15)9-13-20(16,17)8-10-7-11(18-3)14-19-10/h7,13,15H,4-6,8-9H2,1-3H3. The van der Waals surface area contributed by atoms with Crippen LogP contribution < -0.4 is 9.46 Å². The lowest BCUT2D eigenvalue weighted by atomic mass is 9.88. The Morgan fingerprint density at radius 3 is 2.75 bits per heavy atom. The van der Waals surface area contributed by atoms with E-state index >= 15 is 0 Å². The van der Waals surface area contributed by atoms with E-state index < -0.39 is 10.0 Å². The Bertz CT molecular complexity index is 511. The molecule has 0 atom stereocenters. The summed E-state index contributed by atoms with van der Waals surface area (Å²) >= 11 is 1.12. The van der Waals surface area contributed by atoms with Crippen LogP contribution in [0, 0.1) is 5.41 Å². The molecule has 116 valence electrons. The number of aliphatic hydroxyl groups excluding tert-OH is 1. The third kappa shape index (κ3) is 6.17. The van der Waals surface area contributed by atoms with Gasteiger partial charge in [0, 0.05) is 24.1 Å². The van der Waals surface area contributed by atoms with E-state index in [0.29, 0.717) is 23.7 Å². The zero-order chi connectivity index (χ0) is 15.2. The predicted molar refractivity (Wildman–Crippen MR) is 79.4 cm³/mol. The van der Waals surface area contributed by atoms with Crippen molar-refractivity contribution in [1.82, 2.24) is 9.10 Å². The normalized spacial score (nSPS) is 12.6. The van der Waals surface area contributed by atoms with E-state index in [1.54, 1.807) is 6.07 Å². The summed E-state index contributed by atoms with van der Waals surface area (Å²) in [4.78, 5) is 0.641. The van der Waals surface area contributed by atoms with Crippen molar-refractivity contribution in [2.45, 2.75) is 32.4 Å². The summed E-state index contributed by atoms with van der Waals surface area (Å²) in [6.07, 6.45) is 1.43. The summed E-state index contributed by atoms with van der Waals surface area (Å²) in [5, 5.41) is 8.82. The molecular formula is C12H22N2O4S2. The first-order chi connectivity index (χ1) is 9.28. The number of methoxy groups -OCH3 is 1. The first-order valence-corrected chi connectivity index (χ1v) is 8.78. The third-order valence-corrected chi connectivity index (χ3v) is 5.09. The van der Waals surface area contributed by atoms with Gasteiger partial charge >= 0.3 is 0 Å². The lowest BCUT2D eigenvalue weighted by Crippen LogP contribution is -2.34. The van der Waals surface area contributed by atoms with Crippen molar-refractivity contribution in [1.29, 1.82) is 0 Å². The number of aromatic nitrogens is 1. The minimum Gasteiger partial charge on any atom is -0.480 e. The summed E-state index contributed by atoms with van der Waals surface area (Å²) < 4.78 is 35.5. The Morgan fingerprint density at radius 2 is 2.20 bits per heavy atom. The molecule has 0 aliphatic carbocycles. The van der Waals surface area contributed by atoms with E-state index in [9.17, 15) is 8.42 Å². The van der Waals surface area contributed by atoms with Crippen LogP contribution in [-0.4, -0.2) is 38.2 Å². The van der Waals surface area contributed by atoms with Gasteiger partial charge in [-0.2, -0.15) is 4.37 Å². The lowest BCUT2D eigenvalue weighted by molar-refractivity contribution is 0.242. The number of nitrogens with zero attached hydrogens (tertiary/aromatic N) is 1. The molecule has 1 rings (SSSR count). The van der Waals surface area contributed by atoms with Gasteiger partial charge in [0.25, 0.3) is 0 Å². The average molecular weight is 322 g/mol. The molecule has 0 radical (unpaired) electrons. The molecule has 0 saturated heterocycles. The largest absolute Gasteiger partial charge is 0.480 e. The zero-order valence-corrected chi connectivity index (χ0v) is 13.7. The van der Waals surface area contributed by atoms with Gasteiger partial charge in [-0.05, 0) is 29.8 Å². The van der Waals surface area contributed by atoms with E-state index in [2.05, 4.69) is 9.10 Å². The maximum atomic E-state index is 12.0. The maximum absolute atomic E-state index is 12.0. The van der Waals surface area contributed by atoms with Gasteiger partial charge in [-0.1, -0.05) is 13.8 Å². The highest BCUT2D eigenvalue weighted by atomic mass is 32.2. The first-order valence-electron chi connectivity index (χ1n) is 6.36. The van der Waals surface area contributed by atoms with Gasteiger partial charge in [0.2, 0.25) is 15.9 Å². The summed E-state index contributed by atoms with van der Waals surface area (Å²) in [7, 11) is -1.89. The van der Waals surface area contributed by atoms with Crippen molar-refractivity contribution in [2.24, 2.45) is 5.41 Å². The summed E-state index contributed by atoms with van der Waals surface area (Å²) in [6, 6.07) is 1.63. The van der Waals surface area contributed by atoms with Gasteiger partial charge in [-0.3, -0.25) is 0 Å². The van der Waals surface area contributed by atoms with Crippen molar-refractivity contribution in [3.63, 3.8) is 0 Å². The molecule has 2 N–H and O–H groups in total. The van der Waals surface area contributed by atoms with E-state index in [0.717, 1.165) is 18.0 Å². The molecular weight excluding hydrogens is 300 g/mol. The number of hydrogen-bond donors (Lipinski definition) is 2. The molecule has 1 aromatic rings. The highest BCUT2D eigenvalue weighted by molar-refractivity contribution is 7.88. The highest BCUT2D eigenvalue weighted by Gasteiger charge is 2.21. The second kappa shape index (κ2) is 7.35. The minimum atomic E-state index is -3.39. The number of nitrogens with one attached hydrogen (secondary N) is 1. The Kier molecular flexibility index (Phi) is 6.38. The van der Waals surface area contributed by atoms with E-state index in [-0.39, 0.29) is 17.8 Å². The number of ether oxygens (including phenoxy) is 1. The fourth-order valence-electron chi connectivity index (χ4n) is 1.65. The fraction of sp³-hybridized carbons (Fsp3) is 0.750. The summed E-state index contributed by atoms with van der Waals surface area (Å²) in [5.41, 5.74) is -0.179. The van der Waals surface area contributed by atoms with Crippen LogP contribution in [0.2, 0.25) is 0 Å². The van der Waals surface area contributed by atoms with E-state index in [4.69, 9.17) is 9.84 Å². The zero-order valence-electron chi connectivity index (χ0n) is 12.0. The third-order valence-electron chi connectivity index (χ3n) is 2.86. The molecule has 0 saturated carbocycles. The van der Waals surface area contributed by atoms with Gasteiger partial charge in [0.1, 0.15) is 5.75 Å². The molecule has 0 unspecified atom stereocenters. The van der Waals surface area contributed by atoms with Gasteiger partial charge in [0.15, 0.2) is 0 Å². The van der Waals surface area contributed by atoms with Crippen LogP contribution in [0.3, 0.4) is 0 Å². The van der Waals surface area contributed by atoms with Crippen LogP contribution in [-0.2, 0) is 15.8 Å². The second-order valence-corrected chi connectivity index (χ2v) is 8.10. The Balaban J connectivity index is 2.53. The quantitative estimate of drug-likeness (QED) is 0.717. The fourth-order valence-corrected chi connectivity index (χ4v) is 3.98. The van der Waals surface area contributed by atoms with Crippen LogP contribution in [0.15, 0.2) is 6.07 Å². The van der Waals surface area contributed by atoms with Crippen LogP contribution in [0.1, 0.15) is 31.6 Å². The molecule has 0 aliphatic rings. The Hall–Kier alpha value is -0.700. The SMILES string of the molecule is COc1cc(CS(=O)(=O)NCC(C)(C)CCCO)sn1. The van der Waals surface area contributed by atoms with Crippen LogP contribution in [0.5, 0.6) is 5.88 Å². The average Bonchev–Trinajstić information content (AvgIpc) is 2.81. The van der Waals surface area contributed by atoms with Crippen LogP contribution >= 0.6 is 11.5 Å². The van der Waals surface area contributed by atoms with E-state index in [1.807, 2.05) is 13.8 Å². The molecule has 0 aliphatic heterocycles. The van der Waals surface area contributed by atoms with Crippen molar-refractivity contribution >= 4 is 21.6 Å². The van der Waals surface area contributed by atoms with Crippen molar-refractivity contribution in [2.75, 3.05) is 20.3 Å². The molecule has 0 fully saturated rings. The molecule has 1 heterocycles.